The molecule has 4 heteroatoms. The van der Waals surface area contributed by atoms with E-state index in [9.17, 15) is 4.79 Å². The fraction of sp³-hybridized carbons (Fsp3) is 0.0370. The highest BCUT2D eigenvalue weighted by Gasteiger charge is 2.12. The highest BCUT2D eigenvalue weighted by molar-refractivity contribution is 6.31. The van der Waals surface area contributed by atoms with Crippen molar-refractivity contribution in [3.05, 3.63) is 112 Å². The van der Waals surface area contributed by atoms with Gasteiger partial charge in [-0.1, -0.05) is 71.8 Å². The van der Waals surface area contributed by atoms with Crippen molar-refractivity contribution in [2.45, 2.75) is 6.92 Å². The summed E-state index contributed by atoms with van der Waals surface area (Å²) < 4.78 is 0. The lowest BCUT2D eigenvalue weighted by molar-refractivity contribution is 1.28. The minimum atomic E-state index is -0.144. The van der Waals surface area contributed by atoms with E-state index in [1.165, 1.54) is 5.56 Å². The lowest BCUT2D eigenvalue weighted by Gasteiger charge is -2.11. The minimum Gasteiger partial charge on any atom is -0.321 e. The van der Waals surface area contributed by atoms with E-state index in [0.717, 1.165) is 39.0 Å². The maximum atomic E-state index is 12.9. The van der Waals surface area contributed by atoms with Crippen molar-refractivity contribution in [3.8, 4) is 33.6 Å². The summed E-state index contributed by atoms with van der Waals surface area (Å²) in [4.78, 5) is 20.8. The van der Waals surface area contributed by atoms with Crippen LogP contribution in [0.25, 0.3) is 44.5 Å². The molecule has 1 N–H and O–H groups in total. The zero-order chi connectivity index (χ0) is 21.4. The van der Waals surface area contributed by atoms with Crippen LogP contribution >= 0.6 is 11.6 Å². The smallest absolute Gasteiger partial charge is 0.256 e. The molecule has 150 valence electrons. The number of nitrogens with one attached hydrogen (secondary N) is 1. The van der Waals surface area contributed by atoms with Crippen LogP contribution in [-0.4, -0.2) is 9.97 Å². The van der Waals surface area contributed by atoms with E-state index in [1.54, 1.807) is 6.07 Å². The molecule has 2 heterocycles. The van der Waals surface area contributed by atoms with Crippen molar-refractivity contribution in [1.82, 2.24) is 9.97 Å². The third-order valence-corrected chi connectivity index (χ3v) is 5.59. The number of aromatic amines is 1. The molecular weight excluding hydrogens is 404 g/mol. The second-order valence-corrected chi connectivity index (χ2v) is 8.04. The standard InChI is InChI=1S/C27H19ClN2O/c1-17-7-9-19(10-8-17)26-16-20(15-25(29-26)18-5-3-2-4-6-18)23-14-21-13-22(28)11-12-24(21)30-27(23)31/h2-16H,1H3,(H,30,31). The Kier molecular flexibility index (Phi) is 4.89. The molecule has 0 atom stereocenters. The highest BCUT2D eigenvalue weighted by atomic mass is 35.5. The van der Waals surface area contributed by atoms with Gasteiger partial charge in [-0.15, -0.1) is 0 Å². The lowest BCUT2D eigenvalue weighted by Crippen LogP contribution is -2.09. The maximum absolute atomic E-state index is 12.9. The van der Waals surface area contributed by atoms with E-state index in [0.29, 0.717) is 10.6 Å². The van der Waals surface area contributed by atoms with Crippen LogP contribution in [0.3, 0.4) is 0 Å². The number of aryl methyl sites for hydroxylation is 1. The molecule has 5 aromatic rings. The summed E-state index contributed by atoms with van der Waals surface area (Å²) in [6, 6.07) is 29.5. The molecule has 0 saturated carbocycles. The predicted molar refractivity (Wildman–Crippen MR) is 128 cm³/mol. The van der Waals surface area contributed by atoms with Crippen LogP contribution in [0.2, 0.25) is 5.02 Å². The number of nitrogens with zero attached hydrogens (tertiary/aromatic N) is 1. The molecule has 5 rings (SSSR count). The summed E-state index contributed by atoms with van der Waals surface area (Å²) in [7, 11) is 0. The molecule has 2 aromatic heterocycles. The van der Waals surface area contributed by atoms with E-state index >= 15 is 0 Å². The van der Waals surface area contributed by atoms with Gasteiger partial charge in [-0.3, -0.25) is 4.79 Å². The van der Waals surface area contributed by atoms with Gasteiger partial charge in [0.05, 0.1) is 11.4 Å². The normalized spacial score (nSPS) is 11.0. The molecule has 31 heavy (non-hydrogen) atoms. The van der Waals surface area contributed by atoms with E-state index in [1.807, 2.05) is 60.7 Å². The Labute approximate surface area is 185 Å². The number of rotatable bonds is 3. The number of fused-ring (bicyclic) bond motifs is 1. The summed E-state index contributed by atoms with van der Waals surface area (Å²) in [5.74, 6) is 0. The second-order valence-electron chi connectivity index (χ2n) is 7.60. The Morgan fingerprint density at radius 3 is 2.13 bits per heavy atom. The van der Waals surface area contributed by atoms with Gasteiger partial charge in [0.25, 0.3) is 5.56 Å². The first kappa shape index (κ1) is 19.3. The SMILES string of the molecule is Cc1ccc(-c2cc(-c3cc4cc(Cl)ccc4[nH]c3=O)cc(-c3ccccc3)n2)cc1. The third-order valence-electron chi connectivity index (χ3n) is 5.36. The first-order valence-electron chi connectivity index (χ1n) is 10.0. The summed E-state index contributed by atoms with van der Waals surface area (Å²) in [5.41, 5.74) is 6.84. The van der Waals surface area contributed by atoms with Gasteiger partial charge in [-0.25, -0.2) is 4.98 Å². The quantitative estimate of drug-likeness (QED) is 0.344. The summed E-state index contributed by atoms with van der Waals surface area (Å²) in [5, 5.41) is 1.52. The molecule has 0 amide bonds. The fourth-order valence-electron chi connectivity index (χ4n) is 3.71. The zero-order valence-electron chi connectivity index (χ0n) is 16.9. The molecule has 0 saturated heterocycles. The van der Waals surface area contributed by atoms with E-state index in [4.69, 9.17) is 16.6 Å². The number of hydrogen-bond donors (Lipinski definition) is 1. The van der Waals surface area contributed by atoms with Gasteiger partial charge >= 0.3 is 0 Å². The second kappa shape index (κ2) is 7.86. The van der Waals surface area contributed by atoms with E-state index in [2.05, 4.69) is 36.2 Å². The molecule has 0 unspecified atom stereocenters. The third kappa shape index (κ3) is 3.88. The van der Waals surface area contributed by atoms with Crippen LogP contribution in [0, 0.1) is 6.92 Å². The van der Waals surface area contributed by atoms with Crippen molar-refractivity contribution in [2.75, 3.05) is 0 Å². The van der Waals surface area contributed by atoms with Gasteiger partial charge in [0.1, 0.15) is 0 Å². The molecule has 0 aliphatic rings. The molecule has 0 spiro atoms. The first-order valence-corrected chi connectivity index (χ1v) is 10.4. The van der Waals surface area contributed by atoms with Crippen molar-refractivity contribution < 1.29 is 0 Å². The van der Waals surface area contributed by atoms with Gasteiger partial charge < -0.3 is 4.98 Å². The van der Waals surface area contributed by atoms with Gasteiger partial charge in [0, 0.05) is 32.6 Å². The number of H-pyrrole nitrogens is 1. The average molecular weight is 423 g/mol. The zero-order valence-corrected chi connectivity index (χ0v) is 17.6. The Morgan fingerprint density at radius 1 is 0.742 bits per heavy atom. The van der Waals surface area contributed by atoms with E-state index in [-0.39, 0.29) is 5.56 Å². The van der Waals surface area contributed by atoms with Gasteiger partial charge in [-0.2, -0.15) is 0 Å². The van der Waals surface area contributed by atoms with Crippen LogP contribution in [0.15, 0.2) is 95.8 Å². The lowest BCUT2D eigenvalue weighted by atomic mass is 9.99. The van der Waals surface area contributed by atoms with Crippen LogP contribution < -0.4 is 5.56 Å². The number of pyridine rings is 2. The Morgan fingerprint density at radius 2 is 1.42 bits per heavy atom. The van der Waals surface area contributed by atoms with Crippen molar-refractivity contribution in [3.63, 3.8) is 0 Å². The molecule has 0 aliphatic heterocycles. The maximum Gasteiger partial charge on any atom is 0.256 e. The largest absolute Gasteiger partial charge is 0.321 e. The molecule has 0 fully saturated rings. The number of benzene rings is 3. The van der Waals surface area contributed by atoms with Crippen molar-refractivity contribution in [1.29, 1.82) is 0 Å². The fourth-order valence-corrected chi connectivity index (χ4v) is 3.89. The highest BCUT2D eigenvalue weighted by Crippen LogP contribution is 2.30. The number of hydrogen-bond acceptors (Lipinski definition) is 2. The summed E-state index contributed by atoms with van der Waals surface area (Å²) >= 11 is 6.18. The van der Waals surface area contributed by atoms with Gasteiger partial charge in [-0.05, 0) is 48.9 Å². The monoisotopic (exact) mass is 422 g/mol. The van der Waals surface area contributed by atoms with Crippen molar-refractivity contribution >= 4 is 22.5 Å². The van der Waals surface area contributed by atoms with Gasteiger partial charge in [0.15, 0.2) is 0 Å². The molecule has 0 radical (unpaired) electrons. The first-order chi connectivity index (χ1) is 15.1. The van der Waals surface area contributed by atoms with E-state index < -0.39 is 0 Å². The Hall–Kier alpha value is -3.69. The minimum absolute atomic E-state index is 0.144. The van der Waals surface area contributed by atoms with Crippen LogP contribution in [0.4, 0.5) is 0 Å². The van der Waals surface area contributed by atoms with Crippen LogP contribution in [0.1, 0.15) is 5.56 Å². The Balaban J connectivity index is 1.75. The molecule has 0 aliphatic carbocycles. The molecular formula is C27H19ClN2O. The molecule has 3 aromatic carbocycles. The molecule has 3 nitrogen and oxygen atoms in total. The Bertz CT molecular complexity index is 1460. The van der Waals surface area contributed by atoms with Crippen LogP contribution in [-0.2, 0) is 0 Å². The predicted octanol–water partition coefficient (Wildman–Crippen LogP) is 6.89. The van der Waals surface area contributed by atoms with Crippen molar-refractivity contribution in [2.24, 2.45) is 0 Å². The van der Waals surface area contributed by atoms with Gasteiger partial charge in [0.2, 0.25) is 0 Å². The summed E-state index contributed by atoms with van der Waals surface area (Å²) in [6.07, 6.45) is 0. The number of halogens is 1. The molecule has 0 bridgehead atoms. The average Bonchev–Trinajstić information content (AvgIpc) is 2.79. The summed E-state index contributed by atoms with van der Waals surface area (Å²) in [6.45, 7) is 2.06. The van der Waals surface area contributed by atoms with Crippen LogP contribution in [0.5, 0.6) is 0 Å². The topological polar surface area (TPSA) is 45.8 Å². The number of aromatic nitrogens is 2.